The van der Waals surface area contributed by atoms with Crippen molar-refractivity contribution in [2.45, 2.75) is 19.4 Å². The number of rotatable bonds is 6. The standard InChI is InChI=1S/C11H15NO3/c13-11(14)10-2-1-5-12(10)6-7-15-8-9-3-4-9/h1-2,5,9H,3-4,6-8H2,(H,13,14). The molecule has 0 atom stereocenters. The van der Waals surface area contributed by atoms with Gasteiger partial charge in [0.2, 0.25) is 0 Å². The first-order valence-corrected chi connectivity index (χ1v) is 5.23. The molecule has 1 heterocycles. The average Bonchev–Trinajstić information content (AvgIpc) is 2.90. The average molecular weight is 209 g/mol. The van der Waals surface area contributed by atoms with Crippen LogP contribution in [0.2, 0.25) is 0 Å². The number of hydrogen-bond acceptors (Lipinski definition) is 2. The molecule has 1 aliphatic rings. The van der Waals surface area contributed by atoms with Crippen LogP contribution < -0.4 is 0 Å². The summed E-state index contributed by atoms with van der Waals surface area (Å²) in [4.78, 5) is 10.8. The molecule has 0 bridgehead atoms. The lowest BCUT2D eigenvalue weighted by Crippen LogP contribution is -2.12. The molecule has 1 aromatic heterocycles. The summed E-state index contributed by atoms with van der Waals surface area (Å²) in [6, 6.07) is 3.34. The van der Waals surface area contributed by atoms with Crippen LogP contribution in [0.4, 0.5) is 0 Å². The number of aromatic carboxylic acids is 1. The van der Waals surface area contributed by atoms with Crippen LogP contribution in [0.5, 0.6) is 0 Å². The Hall–Kier alpha value is -1.29. The summed E-state index contributed by atoms with van der Waals surface area (Å²) in [6.07, 6.45) is 4.33. The van der Waals surface area contributed by atoms with E-state index in [0.29, 0.717) is 18.8 Å². The van der Waals surface area contributed by atoms with Crippen molar-refractivity contribution in [2.24, 2.45) is 5.92 Å². The number of carboxylic acid groups (broad SMARTS) is 1. The lowest BCUT2D eigenvalue weighted by molar-refractivity contribution is 0.0679. The van der Waals surface area contributed by atoms with E-state index in [4.69, 9.17) is 9.84 Å². The Kier molecular flexibility index (Phi) is 3.06. The van der Waals surface area contributed by atoms with Gasteiger partial charge in [0, 0.05) is 19.3 Å². The zero-order valence-corrected chi connectivity index (χ0v) is 8.56. The number of hydrogen-bond donors (Lipinski definition) is 1. The summed E-state index contributed by atoms with van der Waals surface area (Å²) in [6.45, 7) is 2.02. The Morgan fingerprint density at radius 1 is 1.60 bits per heavy atom. The zero-order valence-electron chi connectivity index (χ0n) is 8.56. The number of nitrogens with zero attached hydrogens (tertiary/aromatic N) is 1. The number of aromatic nitrogens is 1. The molecule has 1 N–H and O–H groups in total. The second-order valence-corrected chi connectivity index (χ2v) is 3.91. The van der Waals surface area contributed by atoms with Crippen molar-refractivity contribution >= 4 is 5.97 Å². The van der Waals surface area contributed by atoms with Gasteiger partial charge in [-0.1, -0.05) is 0 Å². The Balaban J connectivity index is 1.76. The summed E-state index contributed by atoms with van der Waals surface area (Å²) in [5.74, 6) is -0.129. The maximum absolute atomic E-state index is 10.8. The van der Waals surface area contributed by atoms with Crippen molar-refractivity contribution < 1.29 is 14.6 Å². The molecule has 1 saturated carbocycles. The second-order valence-electron chi connectivity index (χ2n) is 3.91. The normalized spacial score (nSPS) is 15.5. The van der Waals surface area contributed by atoms with Gasteiger partial charge in [-0.2, -0.15) is 0 Å². The van der Waals surface area contributed by atoms with Gasteiger partial charge < -0.3 is 14.4 Å². The van der Waals surface area contributed by atoms with Crippen LogP contribution >= 0.6 is 0 Å². The largest absolute Gasteiger partial charge is 0.477 e. The predicted octanol–water partition coefficient (Wildman–Crippen LogP) is 1.61. The highest BCUT2D eigenvalue weighted by molar-refractivity contribution is 5.85. The van der Waals surface area contributed by atoms with Crippen molar-refractivity contribution in [3.8, 4) is 0 Å². The molecule has 1 fully saturated rings. The first kappa shape index (κ1) is 10.2. The third-order valence-electron chi connectivity index (χ3n) is 2.58. The third-order valence-corrected chi connectivity index (χ3v) is 2.58. The molecule has 4 heteroatoms. The van der Waals surface area contributed by atoms with Gasteiger partial charge in [0.05, 0.1) is 6.61 Å². The van der Waals surface area contributed by atoms with Crippen LogP contribution in [0.15, 0.2) is 18.3 Å². The van der Waals surface area contributed by atoms with E-state index >= 15 is 0 Å². The van der Waals surface area contributed by atoms with E-state index < -0.39 is 5.97 Å². The van der Waals surface area contributed by atoms with E-state index in [2.05, 4.69) is 0 Å². The van der Waals surface area contributed by atoms with Gasteiger partial charge in [-0.3, -0.25) is 0 Å². The first-order chi connectivity index (χ1) is 7.27. The fourth-order valence-electron chi connectivity index (χ4n) is 1.50. The maximum Gasteiger partial charge on any atom is 0.352 e. The molecule has 0 saturated heterocycles. The summed E-state index contributed by atoms with van der Waals surface area (Å²) in [5, 5.41) is 8.85. The van der Waals surface area contributed by atoms with Gasteiger partial charge in [-0.15, -0.1) is 0 Å². The summed E-state index contributed by atoms with van der Waals surface area (Å²) < 4.78 is 7.16. The Morgan fingerprint density at radius 3 is 3.07 bits per heavy atom. The van der Waals surface area contributed by atoms with Crippen LogP contribution in [0.1, 0.15) is 23.3 Å². The highest BCUT2D eigenvalue weighted by Crippen LogP contribution is 2.28. The summed E-state index contributed by atoms with van der Waals surface area (Å²) >= 11 is 0. The minimum atomic E-state index is -0.887. The van der Waals surface area contributed by atoms with Gasteiger partial charge in [0.1, 0.15) is 5.69 Å². The van der Waals surface area contributed by atoms with Gasteiger partial charge in [-0.25, -0.2) is 4.79 Å². The molecule has 0 aliphatic heterocycles. The fraction of sp³-hybridized carbons (Fsp3) is 0.545. The molecule has 0 radical (unpaired) electrons. The third kappa shape index (κ3) is 2.83. The molecule has 2 rings (SSSR count). The second kappa shape index (κ2) is 4.49. The molecule has 0 spiro atoms. The van der Waals surface area contributed by atoms with Crippen molar-refractivity contribution in [1.82, 2.24) is 4.57 Å². The smallest absolute Gasteiger partial charge is 0.352 e. The van der Waals surface area contributed by atoms with Crippen LogP contribution in [0, 0.1) is 5.92 Å². The Bertz CT molecular complexity index is 341. The van der Waals surface area contributed by atoms with E-state index in [9.17, 15) is 4.79 Å². The molecule has 0 aromatic carbocycles. The lowest BCUT2D eigenvalue weighted by Gasteiger charge is -2.06. The monoisotopic (exact) mass is 209 g/mol. The fourth-order valence-corrected chi connectivity index (χ4v) is 1.50. The van der Waals surface area contributed by atoms with Crippen molar-refractivity contribution in [1.29, 1.82) is 0 Å². The molecular weight excluding hydrogens is 194 g/mol. The van der Waals surface area contributed by atoms with Crippen molar-refractivity contribution in [3.63, 3.8) is 0 Å². The van der Waals surface area contributed by atoms with Crippen LogP contribution in [0.25, 0.3) is 0 Å². The maximum atomic E-state index is 10.8. The summed E-state index contributed by atoms with van der Waals surface area (Å²) in [7, 11) is 0. The van der Waals surface area contributed by atoms with Crippen molar-refractivity contribution in [2.75, 3.05) is 13.2 Å². The quantitative estimate of drug-likeness (QED) is 0.724. The van der Waals surface area contributed by atoms with Crippen LogP contribution in [-0.4, -0.2) is 28.9 Å². The van der Waals surface area contributed by atoms with Gasteiger partial charge >= 0.3 is 5.97 Å². The predicted molar refractivity (Wildman–Crippen MR) is 54.9 cm³/mol. The summed E-state index contributed by atoms with van der Waals surface area (Å²) in [5.41, 5.74) is 0.324. The van der Waals surface area contributed by atoms with E-state index in [1.165, 1.54) is 12.8 Å². The molecule has 1 aliphatic carbocycles. The number of ether oxygens (including phenoxy) is 1. The molecule has 1 aromatic rings. The van der Waals surface area contributed by atoms with Gasteiger partial charge in [0.25, 0.3) is 0 Å². The molecule has 15 heavy (non-hydrogen) atoms. The van der Waals surface area contributed by atoms with Crippen LogP contribution in [0.3, 0.4) is 0 Å². The minimum Gasteiger partial charge on any atom is -0.477 e. The highest BCUT2D eigenvalue weighted by Gasteiger charge is 2.20. The topological polar surface area (TPSA) is 51.5 Å². The number of carbonyl (C=O) groups is 1. The minimum absolute atomic E-state index is 0.324. The van der Waals surface area contributed by atoms with Crippen molar-refractivity contribution in [3.05, 3.63) is 24.0 Å². The number of carboxylic acids is 1. The van der Waals surface area contributed by atoms with E-state index in [-0.39, 0.29) is 0 Å². The zero-order chi connectivity index (χ0) is 10.7. The van der Waals surface area contributed by atoms with E-state index in [1.54, 1.807) is 22.9 Å². The SMILES string of the molecule is O=C(O)c1cccn1CCOCC1CC1. The molecule has 82 valence electrons. The highest BCUT2D eigenvalue weighted by atomic mass is 16.5. The van der Waals surface area contributed by atoms with Gasteiger partial charge in [0.15, 0.2) is 0 Å². The molecule has 4 nitrogen and oxygen atoms in total. The Morgan fingerprint density at radius 2 is 2.40 bits per heavy atom. The Labute approximate surface area is 88.5 Å². The van der Waals surface area contributed by atoms with Crippen LogP contribution in [-0.2, 0) is 11.3 Å². The van der Waals surface area contributed by atoms with E-state index in [1.807, 2.05) is 0 Å². The molecule has 0 unspecified atom stereocenters. The first-order valence-electron chi connectivity index (χ1n) is 5.23. The molecular formula is C11H15NO3. The molecule has 0 amide bonds. The van der Waals surface area contributed by atoms with Gasteiger partial charge in [-0.05, 0) is 30.9 Å². The van der Waals surface area contributed by atoms with E-state index in [0.717, 1.165) is 12.5 Å². The lowest BCUT2D eigenvalue weighted by atomic mass is 10.4.